The van der Waals surface area contributed by atoms with Gasteiger partial charge in [-0.3, -0.25) is 4.79 Å². The monoisotopic (exact) mass is 302 g/mol. The molecule has 1 aromatic rings. The molecule has 3 N–H and O–H groups in total. The number of anilines is 1. The van der Waals surface area contributed by atoms with Crippen LogP contribution in [-0.2, 0) is 14.8 Å². The summed E-state index contributed by atoms with van der Waals surface area (Å²) in [6, 6.07) is 3.53. The number of nitrogens with two attached hydrogens (primary N) is 1. The average Bonchev–Trinajstić information content (AvgIpc) is 3.13. The Morgan fingerprint density at radius 3 is 2.55 bits per heavy atom. The molecule has 1 aromatic carbocycles. The number of benzene rings is 1. The number of nitrogens with zero attached hydrogens (tertiary/aromatic N) is 1. The highest BCUT2D eigenvalue weighted by Gasteiger charge is 2.31. The second-order valence-corrected chi connectivity index (χ2v) is 6.29. The molecule has 1 aliphatic rings. The molecule has 0 saturated heterocycles. The zero-order valence-electron chi connectivity index (χ0n) is 10.6. The van der Waals surface area contributed by atoms with Gasteiger partial charge in [0.1, 0.15) is 5.82 Å². The summed E-state index contributed by atoms with van der Waals surface area (Å²) in [5.74, 6) is -1.67. The van der Waals surface area contributed by atoms with Gasteiger partial charge in [0.05, 0.1) is 17.0 Å². The van der Waals surface area contributed by atoms with E-state index in [4.69, 9.17) is 10.2 Å². The highest BCUT2D eigenvalue weighted by molar-refractivity contribution is 7.89. The number of primary sulfonamides is 1. The number of hydrogen-bond donors (Lipinski definition) is 2. The number of halogens is 1. The molecule has 0 unspecified atom stereocenters. The van der Waals surface area contributed by atoms with Crippen molar-refractivity contribution in [3.63, 3.8) is 0 Å². The molecule has 0 heterocycles. The second kappa shape index (κ2) is 5.37. The maximum Gasteiger partial charge on any atom is 0.305 e. The van der Waals surface area contributed by atoms with E-state index in [-0.39, 0.29) is 29.6 Å². The summed E-state index contributed by atoms with van der Waals surface area (Å²) in [6.45, 7) is 0.186. The van der Waals surface area contributed by atoms with Crippen molar-refractivity contribution >= 4 is 21.7 Å². The Morgan fingerprint density at radius 1 is 1.45 bits per heavy atom. The topological polar surface area (TPSA) is 101 Å². The van der Waals surface area contributed by atoms with E-state index < -0.39 is 21.8 Å². The van der Waals surface area contributed by atoms with E-state index in [9.17, 15) is 17.6 Å². The van der Waals surface area contributed by atoms with Gasteiger partial charge >= 0.3 is 5.97 Å². The maximum absolute atomic E-state index is 14.0. The fraction of sp³-hybridized carbons (Fsp3) is 0.417. The number of carboxylic acids is 1. The molecule has 1 saturated carbocycles. The van der Waals surface area contributed by atoms with Crippen LogP contribution in [0.4, 0.5) is 10.1 Å². The number of rotatable bonds is 6. The first kappa shape index (κ1) is 14.7. The van der Waals surface area contributed by atoms with Crippen LogP contribution in [0.5, 0.6) is 0 Å². The van der Waals surface area contributed by atoms with Gasteiger partial charge in [0, 0.05) is 12.6 Å². The van der Waals surface area contributed by atoms with Crippen molar-refractivity contribution in [2.24, 2.45) is 5.14 Å². The van der Waals surface area contributed by atoms with Gasteiger partial charge in [0.2, 0.25) is 10.0 Å². The molecule has 8 heteroatoms. The first-order chi connectivity index (χ1) is 9.29. The van der Waals surface area contributed by atoms with Crippen LogP contribution in [-0.4, -0.2) is 32.1 Å². The summed E-state index contributed by atoms with van der Waals surface area (Å²) in [7, 11) is -3.95. The lowest BCUT2D eigenvalue weighted by Gasteiger charge is -2.24. The second-order valence-electron chi connectivity index (χ2n) is 4.73. The lowest BCUT2D eigenvalue weighted by molar-refractivity contribution is -0.136. The van der Waals surface area contributed by atoms with Gasteiger partial charge in [-0.15, -0.1) is 0 Å². The van der Waals surface area contributed by atoms with Crippen LogP contribution in [0.15, 0.2) is 23.1 Å². The minimum Gasteiger partial charge on any atom is -0.481 e. The molecule has 110 valence electrons. The predicted octanol–water partition coefficient (Wildman–Crippen LogP) is 0.917. The Balaban J connectivity index is 2.27. The highest BCUT2D eigenvalue weighted by atomic mass is 32.2. The Hall–Kier alpha value is -1.67. The number of carboxylic acid groups (broad SMARTS) is 1. The molecular formula is C12H15FN2O4S. The Labute approximate surface area is 116 Å². The lowest BCUT2D eigenvalue weighted by atomic mass is 10.2. The van der Waals surface area contributed by atoms with Crippen LogP contribution < -0.4 is 10.0 Å². The first-order valence-electron chi connectivity index (χ1n) is 6.10. The summed E-state index contributed by atoms with van der Waals surface area (Å²) in [5, 5.41) is 13.7. The van der Waals surface area contributed by atoms with Crippen LogP contribution in [0.2, 0.25) is 0 Å². The van der Waals surface area contributed by atoms with Gasteiger partial charge in [-0.2, -0.15) is 0 Å². The fourth-order valence-electron chi connectivity index (χ4n) is 2.00. The summed E-state index contributed by atoms with van der Waals surface area (Å²) in [5.41, 5.74) is 0.209. The molecule has 1 aliphatic carbocycles. The van der Waals surface area contributed by atoms with Crippen LogP contribution in [0.25, 0.3) is 0 Å². The molecule has 0 spiro atoms. The minimum atomic E-state index is -3.95. The molecule has 20 heavy (non-hydrogen) atoms. The SMILES string of the molecule is NS(=O)(=O)c1ccc(N(CCC(=O)O)C2CC2)c(F)c1. The van der Waals surface area contributed by atoms with Crippen LogP contribution in [0, 0.1) is 5.82 Å². The van der Waals surface area contributed by atoms with Crippen molar-refractivity contribution in [1.29, 1.82) is 0 Å². The van der Waals surface area contributed by atoms with Crippen LogP contribution >= 0.6 is 0 Å². The normalized spacial score (nSPS) is 15.1. The Kier molecular flexibility index (Phi) is 3.96. The van der Waals surface area contributed by atoms with Crippen molar-refractivity contribution in [3.8, 4) is 0 Å². The Morgan fingerprint density at radius 2 is 2.10 bits per heavy atom. The summed E-state index contributed by atoms with van der Waals surface area (Å²) >= 11 is 0. The van der Waals surface area contributed by atoms with Gasteiger partial charge < -0.3 is 10.0 Å². The zero-order valence-corrected chi connectivity index (χ0v) is 11.4. The molecule has 2 rings (SSSR count). The minimum absolute atomic E-state index is 0.104. The molecule has 0 atom stereocenters. The molecular weight excluding hydrogens is 287 g/mol. The molecule has 0 aliphatic heterocycles. The van der Waals surface area contributed by atoms with Gasteiger partial charge in [-0.25, -0.2) is 17.9 Å². The molecule has 1 fully saturated rings. The van der Waals surface area contributed by atoms with Crippen molar-refractivity contribution in [2.75, 3.05) is 11.4 Å². The number of sulfonamides is 1. The number of hydrogen-bond acceptors (Lipinski definition) is 4. The fourth-order valence-corrected chi connectivity index (χ4v) is 2.53. The smallest absolute Gasteiger partial charge is 0.305 e. The van der Waals surface area contributed by atoms with Gasteiger partial charge in [0.15, 0.2) is 0 Å². The lowest BCUT2D eigenvalue weighted by Crippen LogP contribution is -2.29. The van der Waals surface area contributed by atoms with Crippen LogP contribution in [0.1, 0.15) is 19.3 Å². The molecule has 6 nitrogen and oxygen atoms in total. The predicted molar refractivity (Wildman–Crippen MR) is 70.4 cm³/mol. The van der Waals surface area contributed by atoms with E-state index in [1.54, 1.807) is 4.90 Å². The molecule has 0 bridgehead atoms. The third-order valence-electron chi connectivity index (χ3n) is 3.11. The zero-order chi connectivity index (χ0) is 14.9. The first-order valence-corrected chi connectivity index (χ1v) is 7.64. The third kappa shape index (κ3) is 3.45. The van der Waals surface area contributed by atoms with Crippen molar-refractivity contribution in [2.45, 2.75) is 30.2 Å². The van der Waals surface area contributed by atoms with Gasteiger partial charge in [0.25, 0.3) is 0 Å². The molecule has 0 amide bonds. The van der Waals surface area contributed by atoms with E-state index in [2.05, 4.69) is 0 Å². The summed E-state index contributed by atoms with van der Waals surface area (Å²) < 4.78 is 36.3. The average molecular weight is 302 g/mol. The van der Waals surface area contributed by atoms with Crippen molar-refractivity contribution in [3.05, 3.63) is 24.0 Å². The van der Waals surface area contributed by atoms with Gasteiger partial charge in [-0.05, 0) is 31.0 Å². The van der Waals surface area contributed by atoms with E-state index in [1.165, 1.54) is 12.1 Å². The van der Waals surface area contributed by atoms with E-state index in [1.807, 2.05) is 0 Å². The van der Waals surface area contributed by atoms with Gasteiger partial charge in [-0.1, -0.05) is 0 Å². The molecule has 0 radical (unpaired) electrons. The van der Waals surface area contributed by atoms with E-state index in [0.29, 0.717) is 0 Å². The number of carbonyl (C=O) groups is 1. The summed E-state index contributed by atoms with van der Waals surface area (Å²) in [6.07, 6.45) is 1.64. The van der Waals surface area contributed by atoms with E-state index in [0.717, 1.165) is 18.9 Å². The summed E-state index contributed by atoms with van der Waals surface area (Å²) in [4.78, 5) is 12.0. The highest BCUT2D eigenvalue weighted by Crippen LogP contribution is 2.33. The van der Waals surface area contributed by atoms with Crippen molar-refractivity contribution < 1.29 is 22.7 Å². The van der Waals surface area contributed by atoms with E-state index >= 15 is 0 Å². The quantitative estimate of drug-likeness (QED) is 0.813. The standard InChI is InChI=1S/C12H15FN2O4S/c13-10-7-9(20(14,18)19)3-4-11(10)15(8-1-2-8)6-5-12(16)17/h3-4,7-8H,1-2,5-6H2,(H,16,17)(H2,14,18,19). The molecule has 0 aromatic heterocycles. The van der Waals surface area contributed by atoms with Crippen molar-refractivity contribution in [1.82, 2.24) is 0 Å². The largest absolute Gasteiger partial charge is 0.481 e. The number of aliphatic carboxylic acids is 1. The maximum atomic E-state index is 14.0. The third-order valence-corrected chi connectivity index (χ3v) is 4.02. The van der Waals surface area contributed by atoms with Crippen LogP contribution in [0.3, 0.4) is 0 Å². The Bertz CT molecular complexity index is 628.